The maximum Gasteiger partial charge on any atom is 0.331 e. The number of carbonyl (C=O) groups is 3. The van der Waals surface area contributed by atoms with Gasteiger partial charge in [0.2, 0.25) is 11.8 Å². The number of likely N-dealkylation sites (N-methyl/N-ethyl adjacent to an activating group) is 1. The first kappa shape index (κ1) is 28.1. The minimum Gasteiger partial charge on any atom is -0.478 e. The summed E-state index contributed by atoms with van der Waals surface area (Å²) in [7, 11) is 1.69. The molecule has 4 atom stereocenters. The molecule has 32 heavy (non-hydrogen) atoms. The predicted octanol–water partition coefficient (Wildman–Crippen LogP) is 3.54. The molecule has 1 aliphatic heterocycles. The molecule has 2 N–H and O–H groups in total. The van der Waals surface area contributed by atoms with E-state index in [4.69, 9.17) is 0 Å². The first-order valence-electron chi connectivity index (χ1n) is 12.0. The molecule has 1 aliphatic rings. The highest BCUT2D eigenvalue weighted by atomic mass is 16.4. The second kappa shape index (κ2) is 12.4. The van der Waals surface area contributed by atoms with E-state index in [0.29, 0.717) is 5.92 Å². The lowest BCUT2D eigenvalue weighted by atomic mass is 9.94. The number of likely N-dealkylation sites (tertiary alicyclic amines) is 1. The lowest BCUT2D eigenvalue weighted by Gasteiger charge is -2.41. The standard InChI is InChI=1S/C25H45N3O4/c1-15(2)19(8)28-13-11-10-12-20(28)23(29)26-22(17(5)6)24(30)27(9)21(16(3)4)14-18(7)25(31)32/h14-17,19-22H,10-13H2,1-9H3,(H,26,29)(H,31,32)/t19?,20-,21-,22+/m1/s1. The Hall–Kier alpha value is -1.89. The van der Waals surface area contributed by atoms with Crippen molar-refractivity contribution in [3.8, 4) is 0 Å². The third kappa shape index (κ3) is 7.32. The van der Waals surface area contributed by atoms with Crippen LogP contribution in [0.25, 0.3) is 0 Å². The second-order valence-electron chi connectivity index (χ2n) is 10.3. The normalized spacial score (nSPS) is 20.9. The molecule has 0 aliphatic carbocycles. The number of hydrogen-bond donors (Lipinski definition) is 2. The molecule has 0 radical (unpaired) electrons. The van der Waals surface area contributed by atoms with Crippen molar-refractivity contribution in [1.82, 2.24) is 15.1 Å². The van der Waals surface area contributed by atoms with Crippen molar-refractivity contribution >= 4 is 17.8 Å². The van der Waals surface area contributed by atoms with E-state index >= 15 is 0 Å². The Bertz CT molecular complexity index is 687. The van der Waals surface area contributed by atoms with Crippen molar-refractivity contribution in [3.63, 3.8) is 0 Å². The topological polar surface area (TPSA) is 90.0 Å². The Balaban J connectivity index is 3.08. The Labute approximate surface area is 194 Å². The molecule has 1 saturated heterocycles. The van der Waals surface area contributed by atoms with Crippen LogP contribution >= 0.6 is 0 Å². The van der Waals surface area contributed by atoms with Crippen LogP contribution in [0, 0.1) is 17.8 Å². The number of carboxylic acid groups (broad SMARTS) is 1. The summed E-state index contributed by atoms with van der Waals surface area (Å²) < 4.78 is 0. The summed E-state index contributed by atoms with van der Waals surface area (Å²) in [5, 5.41) is 12.3. The van der Waals surface area contributed by atoms with Crippen molar-refractivity contribution in [1.29, 1.82) is 0 Å². The van der Waals surface area contributed by atoms with Crippen LogP contribution in [0.1, 0.15) is 74.7 Å². The molecule has 0 aromatic rings. The number of aliphatic carboxylic acids is 1. The van der Waals surface area contributed by atoms with Gasteiger partial charge in [-0.3, -0.25) is 14.5 Å². The minimum absolute atomic E-state index is 0.0301. The summed E-state index contributed by atoms with van der Waals surface area (Å²) in [6.45, 7) is 16.7. The Morgan fingerprint density at radius 2 is 1.59 bits per heavy atom. The zero-order valence-corrected chi connectivity index (χ0v) is 21.5. The van der Waals surface area contributed by atoms with Crippen molar-refractivity contribution in [2.75, 3.05) is 13.6 Å². The summed E-state index contributed by atoms with van der Waals surface area (Å²) >= 11 is 0. The molecule has 1 rings (SSSR count). The average molecular weight is 452 g/mol. The minimum atomic E-state index is -0.998. The Morgan fingerprint density at radius 3 is 2.06 bits per heavy atom. The zero-order valence-electron chi connectivity index (χ0n) is 21.5. The van der Waals surface area contributed by atoms with Crippen molar-refractivity contribution < 1.29 is 19.5 Å². The van der Waals surface area contributed by atoms with Gasteiger partial charge in [-0.1, -0.05) is 54.0 Å². The monoisotopic (exact) mass is 451 g/mol. The van der Waals surface area contributed by atoms with E-state index in [1.807, 2.05) is 27.7 Å². The van der Waals surface area contributed by atoms with E-state index in [-0.39, 0.29) is 47.3 Å². The van der Waals surface area contributed by atoms with Crippen molar-refractivity contribution in [2.24, 2.45) is 17.8 Å². The van der Waals surface area contributed by atoms with Gasteiger partial charge >= 0.3 is 5.97 Å². The second-order valence-corrected chi connectivity index (χ2v) is 10.3. The lowest BCUT2D eigenvalue weighted by molar-refractivity contribution is -0.140. The molecule has 0 spiro atoms. The molecule has 0 bridgehead atoms. The van der Waals surface area contributed by atoms with Crippen LogP contribution in [-0.2, 0) is 14.4 Å². The van der Waals surface area contributed by atoms with Gasteiger partial charge < -0.3 is 15.3 Å². The van der Waals surface area contributed by atoms with Gasteiger partial charge in [-0.05, 0) is 51.0 Å². The third-order valence-corrected chi connectivity index (χ3v) is 6.80. The van der Waals surface area contributed by atoms with Gasteiger partial charge in [0.05, 0.1) is 12.1 Å². The van der Waals surface area contributed by atoms with E-state index in [1.165, 1.54) is 6.92 Å². The van der Waals surface area contributed by atoms with E-state index < -0.39 is 12.0 Å². The first-order chi connectivity index (χ1) is 14.8. The molecule has 0 saturated carbocycles. The summed E-state index contributed by atoms with van der Waals surface area (Å²) in [6, 6.07) is -0.971. The van der Waals surface area contributed by atoms with Crippen molar-refractivity contribution in [2.45, 2.75) is 98.8 Å². The SMILES string of the molecule is CC(=C[C@H](C(C)C)N(C)C(=O)[C@@H](NC(=O)[C@H]1CCCCN1C(C)C(C)C)C(C)C)C(=O)O. The number of rotatable bonds is 10. The fraction of sp³-hybridized carbons (Fsp3) is 0.800. The highest BCUT2D eigenvalue weighted by molar-refractivity contribution is 5.90. The molecule has 1 fully saturated rings. The largest absolute Gasteiger partial charge is 0.478 e. The van der Waals surface area contributed by atoms with Gasteiger partial charge in [0.1, 0.15) is 6.04 Å². The van der Waals surface area contributed by atoms with Crippen LogP contribution in [-0.4, -0.2) is 70.4 Å². The number of hydrogen-bond acceptors (Lipinski definition) is 4. The number of nitrogens with one attached hydrogen (secondary N) is 1. The predicted molar refractivity (Wildman–Crippen MR) is 128 cm³/mol. The zero-order chi connectivity index (χ0) is 24.7. The maximum absolute atomic E-state index is 13.4. The molecular weight excluding hydrogens is 406 g/mol. The van der Waals surface area contributed by atoms with Crippen LogP contribution in [0.3, 0.4) is 0 Å². The fourth-order valence-corrected chi connectivity index (χ4v) is 4.31. The van der Waals surface area contributed by atoms with E-state index in [2.05, 4.69) is 31.0 Å². The first-order valence-corrected chi connectivity index (χ1v) is 12.0. The van der Waals surface area contributed by atoms with Gasteiger partial charge in [0.25, 0.3) is 0 Å². The molecule has 0 aromatic carbocycles. The number of nitrogens with zero attached hydrogens (tertiary/aromatic N) is 2. The fourth-order valence-electron chi connectivity index (χ4n) is 4.31. The number of carboxylic acids is 1. The summed E-state index contributed by atoms with van der Waals surface area (Å²) in [4.78, 5) is 42.0. The number of amides is 2. The van der Waals surface area contributed by atoms with Gasteiger partial charge in [-0.25, -0.2) is 4.79 Å². The molecule has 7 nitrogen and oxygen atoms in total. The van der Waals surface area contributed by atoms with Gasteiger partial charge in [-0.2, -0.15) is 0 Å². The molecule has 0 aromatic heterocycles. The molecule has 2 amide bonds. The Kier molecular flexibility index (Phi) is 10.9. The average Bonchev–Trinajstić information content (AvgIpc) is 2.73. The van der Waals surface area contributed by atoms with Crippen LogP contribution in [0.5, 0.6) is 0 Å². The number of carbonyl (C=O) groups excluding carboxylic acids is 2. The van der Waals surface area contributed by atoms with Crippen molar-refractivity contribution in [3.05, 3.63) is 11.6 Å². The van der Waals surface area contributed by atoms with E-state index in [1.54, 1.807) is 18.0 Å². The summed E-state index contributed by atoms with van der Waals surface area (Å²) in [5.41, 5.74) is 0.203. The highest BCUT2D eigenvalue weighted by Gasteiger charge is 2.37. The third-order valence-electron chi connectivity index (χ3n) is 6.80. The molecule has 7 heteroatoms. The van der Waals surface area contributed by atoms with E-state index in [9.17, 15) is 19.5 Å². The van der Waals surface area contributed by atoms with Crippen LogP contribution < -0.4 is 5.32 Å². The summed E-state index contributed by atoms with van der Waals surface area (Å²) in [5.74, 6) is -0.903. The highest BCUT2D eigenvalue weighted by Crippen LogP contribution is 2.24. The van der Waals surface area contributed by atoms with E-state index in [0.717, 1.165) is 25.8 Å². The van der Waals surface area contributed by atoms with Crippen LogP contribution in [0.2, 0.25) is 0 Å². The molecule has 1 heterocycles. The smallest absolute Gasteiger partial charge is 0.331 e. The summed E-state index contributed by atoms with van der Waals surface area (Å²) in [6.07, 6.45) is 4.51. The quantitative estimate of drug-likeness (QED) is 0.496. The maximum atomic E-state index is 13.4. The number of piperidine rings is 1. The van der Waals surface area contributed by atoms with Gasteiger partial charge in [0, 0.05) is 18.7 Å². The molecular formula is C25H45N3O4. The molecule has 1 unspecified atom stereocenters. The lowest BCUT2D eigenvalue weighted by Crippen LogP contribution is -2.59. The van der Waals surface area contributed by atoms with Gasteiger partial charge in [0.15, 0.2) is 0 Å². The van der Waals surface area contributed by atoms with Crippen LogP contribution in [0.15, 0.2) is 11.6 Å². The van der Waals surface area contributed by atoms with Crippen LogP contribution in [0.4, 0.5) is 0 Å². The molecule has 184 valence electrons. The van der Waals surface area contributed by atoms with Gasteiger partial charge in [-0.15, -0.1) is 0 Å². The Morgan fingerprint density at radius 1 is 1.00 bits per heavy atom.